The number of halogens is 3. The zero-order valence-electron chi connectivity index (χ0n) is 14.2. The molecule has 0 aliphatic rings. The number of fused-ring (bicyclic) bond motifs is 1. The Balaban J connectivity index is 1.73. The summed E-state index contributed by atoms with van der Waals surface area (Å²) in [6, 6.07) is 4.40. The van der Waals surface area contributed by atoms with Gasteiger partial charge in [0.15, 0.2) is 5.16 Å². The van der Waals surface area contributed by atoms with E-state index in [0.717, 1.165) is 23.9 Å². The Labute approximate surface area is 155 Å². The molecular formula is C16H14F3N5O2S. The fraction of sp³-hybridized carbons (Fsp3) is 0.250. The van der Waals surface area contributed by atoms with Crippen LogP contribution in [0.5, 0.6) is 0 Å². The molecule has 0 atom stereocenters. The third-order valence-electron chi connectivity index (χ3n) is 3.88. The number of aryl methyl sites for hydroxylation is 1. The van der Waals surface area contributed by atoms with Crippen molar-refractivity contribution in [1.29, 1.82) is 0 Å². The number of carbonyl (C=O) groups excluding carboxylic acids is 1. The van der Waals surface area contributed by atoms with Gasteiger partial charge < -0.3 is 5.32 Å². The quantitative estimate of drug-likeness (QED) is 0.661. The number of H-pyrrole nitrogens is 1. The molecule has 2 N–H and O–H groups in total. The van der Waals surface area contributed by atoms with Crippen LogP contribution < -0.4 is 10.9 Å². The van der Waals surface area contributed by atoms with Crippen molar-refractivity contribution in [2.45, 2.75) is 25.2 Å². The molecule has 142 valence electrons. The van der Waals surface area contributed by atoms with Crippen LogP contribution in [0.25, 0.3) is 5.78 Å². The summed E-state index contributed by atoms with van der Waals surface area (Å²) in [5.41, 5.74) is 0.0766. The number of nitrogens with zero attached hydrogens (tertiary/aromatic N) is 3. The average molecular weight is 397 g/mol. The lowest BCUT2D eigenvalue weighted by molar-refractivity contribution is -0.137. The number of carbonyl (C=O) groups is 1. The molecule has 7 nitrogen and oxygen atoms in total. The molecule has 27 heavy (non-hydrogen) atoms. The number of nitrogens with one attached hydrogen (secondary N) is 2. The summed E-state index contributed by atoms with van der Waals surface area (Å²) in [6.45, 7) is 3.39. The van der Waals surface area contributed by atoms with E-state index < -0.39 is 17.6 Å². The fourth-order valence-corrected chi connectivity index (χ4v) is 3.16. The highest BCUT2D eigenvalue weighted by atomic mass is 32.2. The smallest absolute Gasteiger partial charge is 0.325 e. The van der Waals surface area contributed by atoms with Crippen LogP contribution in [0.4, 0.5) is 18.9 Å². The van der Waals surface area contributed by atoms with Crippen LogP contribution in [0, 0.1) is 13.8 Å². The molecule has 0 aliphatic heterocycles. The number of anilines is 1. The number of aromatic nitrogens is 4. The Bertz CT molecular complexity index is 1070. The van der Waals surface area contributed by atoms with Crippen molar-refractivity contribution in [2.75, 3.05) is 11.1 Å². The number of hydrogen-bond acceptors (Lipinski definition) is 5. The molecule has 2 heterocycles. The minimum atomic E-state index is -4.48. The molecule has 0 spiro atoms. The van der Waals surface area contributed by atoms with E-state index in [1.807, 2.05) is 0 Å². The molecule has 2 aromatic heterocycles. The van der Waals surface area contributed by atoms with Crippen molar-refractivity contribution in [3.05, 3.63) is 51.4 Å². The maximum Gasteiger partial charge on any atom is 0.416 e. The molecule has 0 radical (unpaired) electrons. The van der Waals surface area contributed by atoms with Gasteiger partial charge in [-0.2, -0.15) is 13.2 Å². The van der Waals surface area contributed by atoms with Gasteiger partial charge in [-0.3, -0.25) is 19.0 Å². The van der Waals surface area contributed by atoms with Gasteiger partial charge in [0.25, 0.3) is 5.56 Å². The number of amides is 1. The Hall–Kier alpha value is -2.82. The first-order valence-electron chi connectivity index (χ1n) is 7.71. The lowest BCUT2D eigenvalue weighted by atomic mass is 10.2. The van der Waals surface area contributed by atoms with Crippen molar-refractivity contribution in [2.24, 2.45) is 0 Å². The molecule has 0 aliphatic carbocycles. The third-order valence-corrected chi connectivity index (χ3v) is 4.81. The van der Waals surface area contributed by atoms with E-state index in [1.54, 1.807) is 18.2 Å². The standard InChI is InChI=1S/C16H14F3N5O2S/c1-8-9(2)24-14(21-13(8)26)22-23-15(24)27-7-12(25)20-11-5-3-4-10(6-11)16(17,18)19/h3-6H,7H2,1-2H3,(H,20,25)(H,21,22,26). The molecule has 11 heteroatoms. The summed E-state index contributed by atoms with van der Waals surface area (Å²) < 4.78 is 39.8. The van der Waals surface area contributed by atoms with Crippen molar-refractivity contribution in [3.63, 3.8) is 0 Å². The zero-order valence-corrected chi connectivity index (χ0v) is 15.0. The highest BCUT2D eigenvalue weighted by Crippen LogP contribution is 2.30. The second-order valence-corrected chi connectivity index (χ2v) is 6.66. The maximum absolute atomic E-state index is 12.7. The molecular weight excluding hydrogens is 383 g/mol. The molecule has 0 saturated heterocycles. The SMILES string of the molecule is Cc1c(C)n2c(SCC(=O)Nc3cccc(C(F)(F)F)c3)nnc2[nH]c1=O. The van der Waals surface area contributed by atoms with E-state index in [4.69, 9.17) is 0 Å². The van der Waals surface area contributed by atoms with Gasteiger partial charge in [-0.15, -0.1) is 10.2 Å². The molecule has 0 fully saturated rings. The van der Waals surface area contributed by atoms with Crippen LogP contribution in [0.2, 0.25) is 0 Å². The summed E-state index contributed by atoms with van der Waals surface area (Å²) in [5.74, 6) is -0.326. The van der Waals surface area contributed by atoms with E-state index >= 15 is 0 Å². The minimum absolute atomic E-state index is 0.0536. The van der Waals surface area contributed by atoms with Gasteiger partial charge in [-0.25, -0.2) is 0 Å². The van der Waals surface area contributed by atoms with Gasteiger partial charge in [0.2, 0.25) is 11.7 Å². The van der Waals surface area contributed by atoms with Gasteiger partial charge in [0, 0.05) is 16.9 Å². The Morgan fingerprint density at radius 2 is 2.04 bits per heavy atom. The van der Waals surface area contributed by atoms with Gasteiger partial charge >= 0.3 is 6.18 Å². The van der Waals surface area contributed by atoms with Crippen LogP contribution in [0.1, 0.15) is 16.8 Å². The minimum Gasteiger partial charge on any atom is -0.325 e. The first-order valence-corrected chi connectivity index (χ1v) is 8.70. The van der Waals surface area contributed by atoms with Crippen molar-refractivity contribution in [1.82, 2.24) is 19.6 Å². The van der Waals surface area contributed by atoms with Crippen LogP contribution >= 0.6 is 11.8 Å². The summed E-state index contributed by atoms with van der Waals surface area (Å²) in [6.07, 6.45) is -4.48. The molecule has 0 unspecified atom stereocenters. The average Bonchev–Trinajstić information content (AvgIpc) is 3.00. The van der Waals surface area contributed by atoms with Crippen LogP contribution in [-0.2, 0) is 11.0 Å². The van der Waals surface area contributed by atoms with Crippen LogP contribution in [-0.4, -0.2) is 31.2 Å². The van der Waals surface area contributed by atoms with E-state index in [1.165, 1.54) is 12.1 Å². The summed E-state index contributed by atoms with van der Waals surface area (Å²) in [5, 5.41) is 10.6. The summed E-state index contributed by atoms with van der Waals surface area (Å²) in [4.78, 5) is 26.4. The lowest BCUT2D eigenvalue weighted by Gasteiger charge is -2.10. The van der Waals surface area contributed by atoms with E-state index in [9.17, 15) is 22.8 Å². The van der Waals surface area contributed by atoms with Crippen molar-refractivity contribution < 1.29 is 18.0 Å². The highest BCUT2D eigenvalue weighted by molar-refractivity contribution is 7.99. The molecule has 3 aromatic rings. The monoisotopic (exact) mass is 397 g/mol. The number of hydrogen-bond donors (Lipinski definition) is 2. The van der Waals surface area contributed by atoms with Gasteiger partial charge in [0.1, 0.15) is 0 Å². The van der Waals surface area contributed by atoms with Gasteiger partial charge in [-0.1, -0.05) is 17.8 Å². The topological polar surface area (TPSA) is 92.2 Å². The Kier molecular flexibility index (Phi) is 4.96. The number of aromatic amines is 1. The van der Waals surface area contributed by atoms with Crippen molar-refractivity contribution >= 4 is 29.1 Å². The normalized spacial score (nSPS) is 11.7. The number of rotatable bonds is 4. The maximum atomic E-state index is 12.7. The molecule has 0 saturated carbocycles. The Morgan fingerprint density at radius 3 is 2.74 bits per heavy atom. The van der Waals surface area contributed by atoms with Gasteiger partial charge in [-0.05, 0) is 32.0 Å². The largest absolute Gasteiger partial charge is 0.416 e. The zero-order chi connectivity index (χ0) is 19.8. The second kappa shape index (κ2) is 7.06. The lowest BCUT2D eigenvalue weighted by Crippen LogP contribution is -2.17. The summed E-state index contributed by atoms with van der Waals surface area (Å²) >= 11 is 1.06. The van der Waals surface area contributed by atoms with E-state index in [2.05, 4.69) is 20.5 Å². The Morgan fingerprint density at radius 1 is 1.30 bits per heavy atom. The van der Waals surface area contributed by atoms with E-state index in [0.29, 0.717) is 16.4 Å². The molecule has 1 amide bonds. The second-order valence-electron chi connectivity index (χ2n) is 5.72. The van der Waals surface area contributed by atoms with Crippen LogP contribution in [0.15, 0.2) is 34.2 Å². The number of benzene rings is 1. The van der Waals surface area contributed by atoms with Crippen molar-refractivity contribution in [3.8, 4) is 0 Å². The predicted octanol–water partition coefficient (Wildman–Crippen LogP) is 2.78. The van der Waals surface area contributed by atoms with E-state index in [-0.39, 0.29) is 22.8 Å². The highest BCUT2D eigenvalue weighted by Gasteiger charge is 2.30. The fourth-order valence-electron chi connectivity index (χ4n) is 2.37. The number of alkyl halides is 3. The predicted molar refractivity (Wildman–Crippen MR) is 93.9 cm³/mol. The first-order chi connectivity index (χ1) is 12.7. The van der Waals surface area contributed by atoms with Gasteiger partial charge in [0.05, 0.1) is 11.3 Å². The van der Waals surface area contributed by atoms with Crippen LogP contribution in [0.3, 0.4) is 0 Å². The third kappa shape index (κ3) is 3.97. The summed E-state index contributed by atoms with van der Waals surface area (Å²) in [7, 11) is 0. The molecule has 0 bridgehead atoms. The molecule has 1 aromatic carbocycles. The first kappa shape index (κ1) is 19.0. The number of thioether (sulfide) groups is 1. The molecule has 3 rings (SSSR count).